The molecule has 0 saturated carbocycles. The van der Waals surface area contributed by atoms with E-state index in [0.717, 1.165) is 13.0 Å². The molecule has 2 N–H and O–H groups in total. The van der Waals surface area contributed by atoms with E-state index >= 15 is 0 Å². The van der Waals surface area contributed by atoms with E-state index in [2.05, 4.69) is 64.5 Å². The third kappa shape index (κ3) is 2.35. The van der Waals surface area contributed by atoms with Crippen molar-refractivity contribution in [3.63, 3.8) is 0 Å². The smallest absolute Gasteiger partial charge is 0.0210 e. The van der Waals surface area contributed by atoms with Gasteiger partial charge in [0.25, 0.3) is 0 Å². The summed E-state index contributed by atoms with van der Waals surface area (Å²) in [4.78, 5) is 0. The van der Waals surface area contributed by atoms with Gasteiger partial charge in [-0.05, 0) is 48.1 Å². The molecule has 0 spiro atoms. The van der Waals surface area contributed by atoms with Gasteiger partial charge in [-0.1, -0.05) is 58.4 Å². The van der Waals surface area contributed by atoms with Crippen LogP contribution in [0.4, 0.5) is 0 Å². The first-order chi connectivity index (χ1) is 9.31. The van der Waals surface area contributed by atoms with Crippen LogP contribution in [0, 0.1) is 5.92 Å². The van der Waals surface area contributed by atoms with Gasteiger partial charge in [0, 0.05) is 10.4 Å². The van der Waals surface area contributed by atoms with Gasteiger partial charge in [0.05, 0.1) is 0 Å². The average molecular weight is 316 g/mol. The van der Waals surface area contributed by atoms with Gasteiger partial charge >= 0.3 is 0 Å². The van der Waals surface area contributed by atoms with Crippen LogP contribution in [-0.2, 0) is 6.42 Å². The fourth-order valence-electron chi connectivity index (χ4n) is 3.25. The van der Waals surface area contributed by atoms with Crippen molar-refractivity contribution < 1.29 is 0 Å². The monoisotopic (exact) mass is 315 g/mol. The molecular formula is C17H18BrN. The highest BCUT2D eigenvalue weighted by molar-refractivity contribution is 9.10. The number of rotatable bonds is 2. The Morgan fingerprint density at radius 3 is 2.58 bits per heavy atom. The predicted molar refractivity (Wildman–Crippen MR) is 83.3 cm³/mol. The number of hydrogen-bond acceptors (Lipinski definition) is 1. The molecule has 0 radical (unpaired) electrons. The van der Waals surface area contributed by atoms with Crippen LogP contribution in [0.1, 0.15) is 29.0 Å². The zero-order valence-corrected chi connectivity index (χ0v) is 12.4. The standard InChI is InChI=1S/C17H18BrN/c18-16-8-4-7-15-14(16)10-9-13(11-19)17(15)12-5-2-1-3-6-12/h1-8,13,17H,9-11,19H2. The van der Waals surface area contributed by atoms with Crippen molar-refractivity contribution in [3.05, 3.63) is 69.7 Å². The summed E-state index contributed by atoms with van der Waals surface area (Å²) in [7, 11) is 0. The number of nitrogens with two attached hydrogens (primary N) is 1. The van der Waals surface area contributed by atoms with Gasteiger partial charge in [0.15, 0.2) is 0 Å². The number of benzene rings is 2. The van der Waals surface area contributed by atoms with Crippen molar-refractivity contribution >= 4 is 15.9 Å². The number of fused-ring (bicyclic) bond motifs is 1. The summed E-state index contributed by atoms with van der Waals surface area (Å²) in [6.07, 6.45) is 2.30. The van der Waals surface area contributed by atoms with Crippen LogP contribution in [0.15, 0.2) is 53.0 Å². The molecule has 0 amide bonds. The lowest BCUT2D eigenvalue weighted by molar-refractivity contribution is 0.418. The number of hydrogen-bond donors (Lipinski definition) is 1. The van der Waals surface area contributed by atoms with Gasteiger partial charge in [-0.3, -0.25) is 0 Å². The van der Waals surface area contributed by atoms with Gasteiger partial charge in [0.1, 0.15) is 0 Å². The Morgan fingerprint density at radius 1 is 1.05 bits per heavy atom. The quantitative estimate of drug-likeness (QED) is 0.887. The highest BCUT2D eigenvalue weighted by Crippen LogP contribution is 2.42. The Kier molecular flexibility index (Phi) is 3.72. The maximum Gasteiger partial charge on any atom is 0.0210 e. The zero-order chi connectivity index (χ0) is 13.2. The first-order valence-electron chi connectivity index (χ1n) is 6.83. The summed E-state index contributed by atoms with van der Waals surface area (Å²) in [6.45, 7) is 0.755. The van der Waals surface area contributed by atoms with E-state index < -0.39 is 0 Å². The van der Waals surface area contributed by atoms with Crippen molar-refractivity contribution in [2.75, 3.05) is 6.54 Å². The summed E-state index contributed by atoms with van der Waals surface area (Å²) < 4.78 is 1.24. The van der Waals surface area contributed by atoms with Crippen molar-refractivity contribution in [2.45, 2.75) is 18.8 Å². The first kappa shape index (κ1) is 12.9. The lowest BCUT2D eigenvalue weighted by atomic mass is 9.72. The van der Waals surface area contributed by atoms with E-state index in [9.17, 15) is 0 Å². The lowest BCUT2D eigenvalue weighted by Crippen LogP contribution is -2.28. The molecule has 2 aromatic carbocycles. The molecule has 2 unspecified atom stereocenters. The lowest BCUT2D eigenvalue weighted by Gasteiger charge is -2.34. The second-order valence-electron chi connectivity index (χ2n) is 5.23. The highest BCUT2D eigenvalue weighted by atomic mass is 79.9. The fraction of sp³-hybridized carbons (Fsp3) is 0.294. The minimum absolute atomic E-state index is 0.437. The van der Waals surface area contributed by atoms with Crippen molar-refractivity contribution in [1.82, 2.24) is 0 Å². The van der Waals surface area contributed by atoms with E-state index in [4.69, 9.17) is 5.73 Å². The molecule has 1 nitrogen and oxygen atoms in total. The van der Waals surface area contributed by atoms with E-state index in [1.807, 2.05) is 0 Å². The summed E-state index contributed by atoms with van der Waals surface area (Å²) >= 11 is 3.69. The Labute approximate surface area is 123 Å². The summed E-state index contributed by atoms with van der Waals surface area (Å²) in [5.41, 5.74) is 10.3. The van der Waals surface area contributed by atoms with Gasteiger partial charge < -0.3 is 5.73 Å². The topological polar surface area (TPSA) is 26.0 Å². The molecule has 3 rings (SSSR count). The Bertz CT molecular complexity index is 565. The molecule has 19 heavy (non-hydrogen) atoms. The third-order valence-electron chi connectivity index (χ3n) is 4.19. The first-order valence-corrected chi connectivity index (χ1v) is 7.63. The Morgan fingerprint density at radius 2 is 1.84 bits per heavy atom. The fourth-order valence-corrected chi connectivity index (χ4v) is 3.83. The molecule has 2 heteroatoms. The molecule has 2 atom stereocenters. The molecule has 2 aromatic rings. The average Bonchev–Trinajstić information content (AvgIpc) is 2.47. The molecule has 0 saturated heterocycles. The SMILES string of the molecule is NCC1CCc2c(Br)cccc2C1c1ccccc1. The molecule has 1 aliphatic carbocycles. The Balaban J connectivity index is 2.13. The highest BCUT2D eigenvalue weighted by Gasteiger charge is 2.30. The van der Waals surface area contributed by atoms with Gasteiger partial charge in [0.2, 0.25) is 0 Å². The minimum Gasteiger partial charge on any atom is -0.330 e. The van der Waals surface area contributed by atoms with Crippen molar-refractivity contribution in [2.24, 2.45) is 11.7 Å². The molecule has 0 bridgehead atoms. The predicted octanol–water partition coefficient (Wildman–Crippen LogP) is 4.10. The number of halogens is 1. The second-order valence-corrected chi connectivity index (χ2v) is 6.08. The normalized spacial score (nSPS) is 22.0. The van der Waals surface area contributed by atoms with Crippen molar-refractivity contribution in [3.8, 4) is 0 Å². The van der Waals surface area contributed by atoms with E-state index in [0.29, 0.717) is 11.8 Å². The molecule has 0 heterocycles. The molecule has 0 aromatic heterocycles. The Hall–Kier alpha value is -1.12. The minimum atomic E-state index is 0.437. The van der Waals surface area contributed by atoms with E-state index in [1.165, 1.54) is 27.6 Å². The maximum absolute atomic E-state index is 6.01. The third-order valence-corrected chi connectivity index (χ3v) is 4.93. The van der Waals surface area contributed by atoms with E-state index in [1.54, 1.807) is 0 Å². The van der Waals surface area contributed by atoms with E-state index in [-0.39, 0.29) is 0 Å². The molecule has 0 aliphatic heterocycles. The van der Waals surface area contributed by atoms with Gasteiger partial charge in [-0.15, -0.1) is 0 Å². The van der Waals surface area contributed by atoms with Crippen molar-refractivity contribution in [1.29, 1.82) is 0 Å². The van der Waals surface area contributed by atoms with Crippen LogP contribution in [0.5, 0.6) is 0 Å². The van der Waals surface area contributed by atoms with Crippen LogP contribution in [-0.4, -0.2) is 6.54 Å². The maximum atomic E-state index is 6.01. The molecule has 1 aliphatic rings. The van der Waals surface area contributed by atoms with Crippen LogP contribution in [0.3, 0.4) is 0 Å². The second kappa shape index (κ2) is 5.48. The largest absolute Gasteiger partial charge is 0.330 e. The molecule has 0 fully saturated rings. The van der Waals surface area contributed by atoms with Gasteiger partial charge in [-0.2, -0.15) is 0 Å². The molecular weight excluding hydrogens is 298 g/mol. The van der Waals surface area contributed by atoms with Crippen LogP contribution in [0.25, 0.3) is 0 Å². The summed E-state index contributed by atoms with van der Waals surface area (Å²) in [5, 5.41) is 0. The summed E-state index contributed by atoms with van der Waals surface area (Å²) in [6, 6.07) is 17.3. The van der Waals surface area contributed by atoms with Gasteiger partial charge in [-0.25, -0.2) is 0 Å². The van der Waals surface area contributed by atoms with Crippen LogP contribution < -0.4 is 5.73 Å². The van der Waals surface area contributed by atoms with Crippen LogP contribution >= 0.6 is 15.9 Å². The summed E-state index contributed by atoms with van der Waals surface area (Å²) in [5.74, 6) is 0.983. The molecule has 98 valence electrons. The zero-order valence-electron chi connectivity index (χ0n) is 10.9. The van der Waals surface area contributed by atoms with Crippen LogP contribution in [0.2, 0.25) is 0 Å².